The van der Waals surface area contributed by atoms with Crippen molar-refractivity contribution in [3.8, 4) is 0 Å². The number of amides is 3. The molecule has 0 aromatic heterocycles. The summed E-state index contributed by atoms with van der Waals surface area (Å²) in [4.78, 5) is 39.8. The molecule has 1 saturated heterocycles. The van der Waals surface area contributed by atoms with E-state index in [1.54, 1.807) is 18.0 Å². The van der Waals surface area contributed by atoms with Gasteiger partial charge in [0.15, 0.2) is 0 Å². The second-order valence-electron chi connectivity index (χ2n) is 7.56. The standard InChI is InChI=1S/C22H29N3O3/c1-23-21(27)19-13-8-14-25(19)22(28)18(15-16-9-4-2-5-10-16)24-20(26)17-11-6-3-7-12-17/h2,4-5,9-10,15,17,19H,3,6-8,11-14H2,1H3,(H,23,27)(H,24,26)/b18-15+/t19-/m0/s1. The van der Waals surface area contributed by atoms with E-state index in [1.807, 2.05) is 30.3 Å². The van der Waals surface area contributed by atoms with E-state index >= 15 is 0 Å². The van der Waals surface area contributed by atoms with Gasteiger partial charge >= 0.3 is 0 Å². The first-order chi connectivity index (χ1) is 13.6. The van der Waals surface area contributed by atoms with Gasteiger partial charge in [0.25, 0.3) is 5.91 Å². The van der Waals surface area contributed by atoms with E-state index < -0.39 is 6.04 Å². The van der Waals surface area contributed by atoms with Gasteiger partial charge in [0.2, 0.25) is 11.8 Å². The SMILES string of the molecule is CNC(=O)[C@@H]1CCCN1C(=O)/C(=C\c1ccccc1)NC(=O)C1CCCCC1. The zero-order valence-corrected chi connectivity index (χ0v) is 16.4. The van der Waals surface area contributed by atoms with E-state index in [2.05, 4.69) is 10.6 Å². The lowest BCUT2D eigenvalue weighted by Crippen LogP contribution is -2.47. The Labute approximate surface area is 166 Å². The molecular weight excluding hydrogens is 354 g/mol. The first-order valence-corrected chi connectivity index (χ1v) is 10.2. The fraction of sp³-hybridized carbons (Fsp3) is 0.500. The molecule has 0 radical (unpaired) electrons. The van der Waals surface area contributed by atoms with E-state index in [1.165, 1.54) is 0 Å². The van der Waals surface area contributed by atoms with Crippen LogP contribution < -0.4 is 10.6 Å². The quantitative estimate of drug-likeness (QED) is 0.767. The molecule has 150 valence electrons. The highest BCUT2D eigenvalue weighted by atomic mass is 16.2. The number of likely N-dealkylation sites (N-methyl/N-ethyl adjacent to an activating group) is 1. The smallest absolute Gasteiger partial charge is 0.271 e. The van der Waals surface area contributed by atoms with Gasteiger partial charge in [-0.2, -0.15) is 0 Å². The molecule has 1 aliphatic heterocycles. The Bertz CT molecular complexity index is 739. The van der Waals surface area contributed by atoms with Crippen molar-refractivity contribution >= 4 is 23.8 Å². The summed E-state index contributed by atoms with van der Waals surface area (Å²) >= 11 is 0. The lowest BCUT2D eigenvalue weighted by molar-refractivity contribution is -0.136. The number of carbonyl (C=O) groups is 3. The normalized spacial score (nSPS) is 20.7. The van der Waals surface area contributed by atoms with Crippen molar-refractivity contribution in [2.75, 3.05) is 13.6 Å². The van der Waals surface area contributed by atoms with Crippen molar-refractivity contribution in [1.29, 1.82) is 0 Å². The van der Waals surface area contributed by atoms with Gasteiger partial charge in [-0.25, -0.2) is 0 Å². The molecule has 0 unspecified atom stereocenters. The lowest BCUT2D eigenvalue weighted by atomic mass is 9.88. The Kier molecular flexibility index (Phi) is 6.85. The minimum absolute atomic E-state index is 0.0472. The largest absolute Gasteiger partial charge is 0.357 e. The van der Waals surface area contributed by atoms with Crippen LogP contribution in [0.25, 0.3) is 6.08 Å². The number of hydrogen-bond donors (Lipinski definition) is 2. The average Bonchev–Trinajstić information content (AvgIpc) is 3.23. The lowest BCUT2D eigenvalue weighted by Gasteiger charge is -2.26. The summed E-state index contributed by atoms with van der Waals surface area (Å²) in [6.07, 6.45) is 8.12. The molecule has 0 bridgehead atoms. The third kappa shape index (κ3) is 4.80. The van der Waals surface area contributed by atoms with Crippen LogP contribution >= 0.6 is 0 Å². The summed E-state index contributed by atoms with van der Waals surface area (Å²) in [7, 11) is 1.58. The third-order valence-corrected chi connectivity index (χ3v) is 5.64. The van der Waals surface area contributed by atoms with Crippen LogP contribution in [0.3, 0.4) is 0 Å². The van der Waals surface area contributed by atoms with Crippen molar-refractivity contribution in [3.05, 3.63) is 41.6 Å². The topological polar surface area (TPSA) is 78.5 Å². The van der Waals surface area contributed by atoms with Gasteiger partial charge in [-0.1, -0.05) is 49.6 Å². The summed E-state index contributed by atoms with van der Waals surface area (Å²) in [5, 5.41) is 5.52. The Morgan fingerprint density at radius 3 is 2.36 bits per heavy atom. The van der Waals surface area contributed by atoms with Crippen LogP contribution in [0.4, 0.5) is 0 Å². The van der Waals surface area contributed by atoms with Crippen LogP contribution in [0.2, 0.25) is 0 Å². The zero-order valence-electron chi connectivity index (χ0n) is 16.4. The molecule has 3 amide bonds. The molecule has 2 aliphatic rings. The molecule has 0 spiro atoms. The summed E-state index contributed by atoms with van der Waals surface area (Å²) in [5.41, 5.74) is 1.09. The van der Waals surface area contributed by atoms with Crippen LogP contribution in [0, 0.1) is 5.92 Å². The molecule has 28 heavy (non-hydrogen) atoms. The Hall–Kier alpha value is -2.63. The first kappa shape index (κ1) is 20.1. The van der Waals surface area contributed by atoms with Crippen LogP contribution in [-0.4, -0.2) is 42.3 Å². The Balaban J connectivity index is 1.83. The zero-order chi connectivity index (χ0) is 19.9. The van der Waals surface area contributed by atoms with Crippen LogP contribution in [-0.2, 0) is 14.4 Å². The first-order valence-electron chi connectivity index (χ1n) is 10.2. The fourth-order valence-corrected chi connectivity index (χ4v) is 4.07. The second-order valence-corrected chi connectivity index (χ2v) is 7.56. The van der Waals surface area contributed by atoms with Crippen molar-refractivity contribution in [2.45, 2.75) is 51.0 Å². The van der Waals surface area contributed by atoms with Gasteiger partial charge in [0.05, 0.1) is 0 Å². The van der Waals surface area contributed by atoms with Gasteiger partial charge in [0, 0.05) is 19.5 Å². The number of rotatable bonds is 5. The maximum Gasteiger partial charge on any atom is 0.271 e. The van der Waals surface area contributed by atoms with Gasteiger partial charge in [-0.3, -0.25) is 14.4 Å². The van der Waals surface area contributed by atoms with Gasteiger partial charge in [0.1, 0.15) is 11.7 Å². The maximum atomic E-state index is 13.3. The minimum Gasteiger partial charge on any atom is -0.357 e. The summed E-state index contributed by atoms with van der Waals surface area (Å²) in [6, 6.07) is 8.98. The highest BCUT2D eigenvalue weighted by Crippen LogP contribution is 2.25. The molecule has 1 saturated carbocycles. The molecule has 1 aliphatic carbocycles. The van der Waals surface area contributed by atoms with Gasteiger partial charge in [-0.05, 0) is 37.3 Å². The van der Waals surface area contributed by atoms with Gasteiger partial charge in [-0.15, -0.1) is 0 Å². The van der Waals surface area contributed by atoms with Crippen molar-refractivity contribution < 1.29 is 14.4 Å². The van der Waals surface area contributed by atoms with Crippen LogP contribution in [0.15, 0.2) is 36.0 Å². The predicted octanol–water partition coefficient (Wildman–Crippen LogP) is 2.46. The van der Waals surface area contributed by atoms with E-state index in [4.69, 9.17) is 0 Å². The van der Waals surface area contributed by atoms with E-state index in [-0.39, 0.29) is 29.3 Å². The van der Waals surface area contributed by atoms with Crippen LogP contribution in [0.5, 0.6) is 0 Å². The molecule has 3 rings (SSSR count). The highest BCUT2D eigenvalue weighted by Gasteiger charge is 2.35. The number of hydrogen-bond acceptors (Lipinski definition) is 3. The molecule has 1 aromatic carbocycles. The van der Waals surface area contributed by atoms with E-state index in [0.717, 1.165) is 44.1 Å². The van der Waals surface area contributed by atoms with Crippen molar-refractivity contribution in [1.82, 2.24) is 15.5 Å². The fourth-order valence-electron chi connectivity index (χ4n) is 4.07. The molecule has 6 heteroatoms. The minimum atomic E-state index is -0.483. The number of nitrogens with one attached hydrogen (secondary N) is 2. The summed E-state index contributed by atoms with van der Waals surface area (Å²) < 4.78 is 0. The maximum absolute atomic E-state index is 13.3. The van der Waals surface area contributed by atoms with Crippen molar-refractivity contribution in [3.63, 3.8) is 0 Å². The Morgan fingerprint density at radius 2 is 1.68 bits per heavy atom. The van der Waals surface area contributed by atoms with Crippen LogP contribution in [0.1, 0.15) is 50.5 Å². The Morgan fingerprint density at radius 1 is 0.964 bits per heavy atom. The number of carbonyl (C=O) groups excluding carboxylic acids is 3. The summed E-state index contributed by atoms with van der Waals surface area (Å²) in [6.45, 7) is 0.516. The molecule has 1 aromatic rings. The highest BCUT2D eigenvalue weighted by molar-refractivity contribution is 6.03. The number of nitrogens with zero attached hydrogens (tertiary/aromatic N) is 1. The second kappa shape index (κ2) is 9.53. The molecule has 1 atom stereocenters. The monoisotopic (exact) mass is 383 g/mol. The molecule has 6 nitrogen and oxygen atoms in total. The third-order valence-electron chi connectivity index (χ3n) is 5.64. The van der Waals surface area contributed by atoms with E-state index in [9.17, 15) is 14.4 Å². The number of benzene rings is 1. The van der Waals surface area contributed by atoms with Gasteiger partial charge < -0.3 is 15.5 Å². The molecule has 2 fully saturated rings. The summed E-state index contributed by atoms with van der Waals surface area (Å²) in [5.74, 6) is -0.595. The molecular formula is C22H29N3O3. The predicted molar refractivity (Wildman–Crippen MR) is 108 cm³/mol. The molecule has 1 heterocycles. The average molecular weight is 383 g/mol. The van der Waals surface area contributed by atoms with Crippen molar-refractivity contribution in [2.24, 2.45) is 5.92 Å². The number of likely N-dealkylation sites (tertiary alicyclic amines) is 1. The van der Waals surface area contributed by atoms with E-state index in [0.29, 0.717) is 13.0 Å². The molecule has 2 N–H and O–H groups in total.